The lowest BCUT2D eigenvalue weighted by molar-refractivity contribution is 0.0377. The van der Waals surface area contributed by atoms with E-state index >= 15 is 0 Å². The van der Waals surface area contributed by atoms with Gasteiger partial charge in [0.25, 0.3) is 11.8 Å². The molecule has 0 aliphatic carbocycles. The number of thioether (sulfide) groups is 1. The molecule has 1 atom stereocenters. The Morgan fingerprint density at radius 3 is 2.76 bits per heavy atom. The van der Waals surface area contributed by atoms with E-state index in [0.29, 0.717) is 39.8 Å². The number of fused-ring (bicyclic) bond motifs is 3. The lowest BCUT2D eigenvalue weighted by Crippen LogP contribution is -2.51. The Balaban J connectivity index is 1.50. The van der Waals surface area contributed by atoms with Crippen LogP contribution in [-0.2, 0) is 5.66 Å². The highest BCUT2D eigenvalue weighted by molar-refractivity contribution is 8.11. The molecule has 2 amide bonds. The van der Waals surface area contributed by atoms with Crippen LogP contribution in [0.5, 0.6) is 0 Å². The standard InChI is InChI=1S/C25H19ClN4O2S2/c1-15-21(34-22(28-15)20-4-2-3-13-33-20)24(32)30-12-11-29-23(31)18-9-10-27-14-19(18)25(29,30)16-5-7-17(26)8-6-16/h3-10,13-14H,2,11-12H2,1H3. The average molecular weight is 507 g/mol. The second-order valence-electron chi connectivity index (χ2n) is 8.24. The fourth-order valence-corrected chi connectivity index (χ4v) is 7.01. The van der Waals surface area contributed by atoms with Gasteiger partial charge in [-0.3, -0.25) is 14.6 Å². The molecule has 3 aliphatic rings. The third-order valence-electron chi connectivity index (χ3n) is 6.42. The molecule has 0 spiro atoms. The van der Waals surface area contributed by atoms with E-state index < -0.39 is 5.66 Å². The third-order valence-corrected chi connectivity index (χ3v) is 8.93. The van der Waals surface area contributed by atoms with Gasteiger partial charge in [-0.25, -0.2) is 4.98 Å². The number of aromatic nitrogens is 2. The van der Waals surface area contributed by atoms with Crippen LogP contribution in [0.15, 0.2) is 60.3 Å². The maximum absolute atomic E-state index is 14.1. The van der Waals surface area contributed by atoms with Crippen molar-refractivity contribution in [3.05, 3.63) is 97.6 Å². The number of amides is 2. The zero-order valence-corrected chi connectivity index (χ0v) is 20.6. The molecule has 6 rings (SSSR count). The van der Waals surface area contributed by atoms with E-state index in [2.05, 4.69) is 22.5 Å². The van der Waals surface area contributed by atoms with Crippen LogP contribution in [0.25, 0.3) is 4.91 Å². The van der Waals surface area contributed by atoms with Crippen molar-refractivity contribution < 1.29 is 9.59 Å². The maximum atomic E-state index is 14.1. The van der Waals surface area contributed by atoms with Gasteiger partial charge in [-0.1, -0.05) is 47.6 Å². The van der Waals surface area contributed by atoms with Gasteiger partial charge < -0.3 is 9.80 Å². The topological polar surface area (TPSA) is 66.4 Å². The van der Waals surface area contributed by atoms with Crippen LogP contribution in [0, 0.1) is 6.92 Å². The molecule has 0 radical (unpaired) electrons. The minimum Gasteiger partial charge on any atom is -0.306 e. The maximum Gasteiger partial charge on any atom is 0.268 e. The summed E-state index contributed by atoms with van der Waals surface area (Å²) in [4.78, 5) is 41.8. The largest absolute Gasteiger partial charge is 0.306 e. The number of rotatable bonds is 3. The van der Waals surface area contributed by atoms with Crippen LogP contribution in [0.2, 0.25) is 5.02 Å². The van der Waals surface area contributed by atoms with Crippen LogP contribution in [0.1, 0.15) is 48.3 Å². The summed E-state index contributed by atoms with van der Waals surface area (Å²) in [5.74, 6) is -0.236. The lowest BCUT2D eigenvalue weighted by Gasteiger charge is -2.40. The molecule has 170 valence electrons. The first-order valence-corrected chi connectivity index (χ1v) is 12.9. The van der Waals surface area contributed by atoms with E-state index in [1.165, 1.54) is 11.3 Å². The zero-order chi connectivity index (χ0) is 23.4. The molecule has 1 fully saturated rings. The summed E-state index contributed by atoms with van der Waals surface area (Å²) in [6.45, 7) is 2.71. The first-order valence-electron chi connectivity index (χ1n) is 10.9. The van der Waals surface area contributed by atoms with Gasteiger partial charge in [0.1, 0.15) is 9.88 Å². The van der Waals surface area contributed by atoms with Gasteiger partial charge in [-0.15, -0.1) is 11.3 Å². The van der Waals surface area contributed by atoms with Gasteiger partial charge in [0.2, 0.25) is 0 Å². The molecule has 1 unspecified atom stereocenters. The van der Waals surface area contributed by atoms with Crippen molar-refractivity contribution in [1.82, 2.24) is 19.8 Å². The van der Waals surface area contributed by atoms with E-state index in [1.54, 1.807) is 52.2 Å². The summed E-state index contributed by atoms with van der Waals surface area (Å²) in [5.41, 5.74) is 1.72. The zero-order valence-electron chi connectivity index (χ0n) is 18.2. The predicted molar refractivity (Wildman–Crippen MR) is 135 cm³/mol. The van der Waals surface area contributed by atoms with E-state index in [9.17, 15) is 9.59 Å². The Labute approximate surface area is 210 Å². The number of benzene rings is 1. The normalized spacial score (nSPS) is 21.0. The molecule has 0 bridgehead atoms. The second-order valence-corrected chi connectivity index (χ2v) is 10.6. The minimum atomic E-state index is -1.07. The summed E-state index contributed by atoms with van der Waals surface area (Å²) >= 11 is 9.21. The molecule has 9 heteroatoms. The molecular weight excluding hydrogens is 488 g/mol. The quantitative estimate of drug-likeness (QED) is 0.482. The SMILES string of the molecule is Cc1nc(C2=CCC=CS2)sc1C(=O)N1CCN2C(=O)c3ccncc3C21c1ccc(Cl)cc1. The van der Waals surface area contributed by atoms with Gasteiger partial charge in [0, 0.05) is 46.5 Å². The number of nitrogens with zero attached hydrogens (tertiary/aromatic N) is 4. The fraction of sp³-hybridized carbons (Fsp3) is 0.200. The fourth-order valence-electron chi connectivity index (χ4n) is 4.97. The van der Waals surface area contributed by atoms with E-state index in [0.717, 1.165) is 21.9 Å². The number of allylic oxidation sites excluding steroid dienone is 2. The van der Waals surface area contributed by atoms with E-state index in [4.69, 9.17) is 16.6 Å². The number of hydrogen-bond donors (Lipinski definition) is 0. The molecule has 2 aromatic heterocycles. The first kappa shape index (κ1) is 21.6. The molecule has 5 heterocycles. The molecule has 34 heavy (non-hydrogen) atoms. The Hall–Kier alpha value is -2.94. The Morgan fingerprint density at radius 2 is 2.00 bits per heavy atom. The van der Waals surface area contributed by atoms with Gasteiger partial charge in [0.15, 0.2) is 5.66 Å². The highest BCUT2D eigenvalue weighted by atomic mass is 35.5. The number of carbonyl (C=O) groups excluding carboxylic acids is 2. The number of hydrogen-bond acceptors (Lipinski definition) is 6. The van der Waals surface area contributed by atoms with Crippen molar-refractivity contribution >= 4 is 51.4 Å². The third kappa shape index (κ3) is 3.02. The lowest BCUT2D eigenvalue weighted by atomic mass is 9.91. The number of aryl methyl sites for hydroxylation is 1. The molecule has 0 saturated carbocycles. The monoisotopic (exact) mass is 506 g/mol. The van der Waals surface area contributed by atoms with E-state index in [1.807, 2.05) is 19.1 Å². The van der Waals surface area contributed by atoms with Gasteiger partial charge in [-0.2, -0.15) is 0 Å². The highest BCUT2D eigenvalue weighted by Gasteiger charge is 2.60. The van der Waals surface area contributed by atoms with Crippen LogP contribution in [0.4, 0.5) is 0 Å². The van der Waals surface area contributed by atoms with Crippen molar-refractivity contribution in [2.45, 2.75) is 19.0 Å². The van der Waals surface area contributed by atoms with Crippen molar-refractivity contribution in [3.63, 3.8) is 0 Å². The molecule has 1 aromatic carbocycles. The van der Waals surface area contributed by atoms with Crippen LogP contribution >= 0.6 is 34.7 Å². The Morgan fingerprint density at radius 1 is 1.18 bits per heavy atom. The highest BCUT2D eigenvalue weighted by Crippen LogP contribution is 2.50. The summed E-state index contributed by atoms with van der Waals surface area (Å²) < 4.78 is 0. The van der Waals surface area contributed by atoms with E-state index in [-0.39, 0.29) is 11.8 Å². The molecule has 6 nitrogen and oxygen atoms in total. The van der Waals surface area contributed by atoms with Gasteiger partial charge in [0.05, 0.1) is 11.3 Å². The summed E-state index contributed by atoms with van der Waals surface area (Å²) in [6, 6.07) is 9.08. The average Bonchev–Trinajstić information content (AvgIpc) is 3.52. The van der Waals surface area contributed by atoms with Crippen LogP contribution < -0.4 is 0 Å². The Kier molecular flexibility index (Phi) is 5.13. The molecule has 0 N–H and O–H groups in total. The van der Waals surface area contributed by atoms with Crippen molar-refractivity contribution in [2.24, 2.45) is 0 Å². The van der Waals surface area contributed by atoms with Gasteiger partial charge >= 0.3 is 0 Å². The second kappa shape index (κ2) is 8.08. The van der Waals surface area contributed by atoms with Crippen molar-refractivity contribution in [3.8, 4) is 0 Å². The Bertz CT molecular complexity index is 1400. The first-order chi connectivity index (χ1) is 16.5. The molecular formula is C25H19ClN4O2S2. The molecule has 3 aliphatic heterocycles. The summed E-state index contributed by atoms with van der Waals surface area (Å²) in [6.07, 6.45) is 8.40. The van der Waals surface area contributed by atoms with Gasteiger partial charge in [-0.05, 0) is 37.0 Å². The number of pyridine rings is 1. The van der Waals surface area contributed by atoms with Crippen molar-refractivity contribution in [1.29, 1.82) is 0 Å². The summed E-state index contributed by atoms with van der Waals surface area (Å²) in [5, 5.41) is 3.49. The van der Waals surface area contributed by atoms with Crippen LogP contribution in [-0.4, -0.2) is 44.7 Å². The smallest absolute Gasteiger partial charge is 0.268 e. The van der Waals surface area contributed by atoms with Crippen molar-refractivity contribution in [2.75, 3.05) is 13.1 Å². The minimum absolute atomic E-state index is 0.0973. The predicted octanol–water partition coefficient (Wildman–Crippen LogP) is 5.30. The number of halogens is 1. The number of carbonyl (C=O) groups is 2. The molecule has 1 saturated heterocycles. The summed E-state index contributed by atoms with van der Waals surface area (Å²) in [7, 11) is 0. The van der Waals surface area contributed by atoms with Crippen LogP contribution in [0.3, 0.4) is 0 Å². The molecule has 3 aromatic rings. The number of thiazole rings is 1.